The molecule has 1 aliphatic rings. The molecule has 0 aromatic heterocycles. The quantitative estimate of drug-likeness (QED) is 0.743. The van der Waals surface area contributed by atoms with Crippen LogP contribution in [0.1, 0.15) is 37.5 Å². The van der Waals surface area contributed by atoms with Gasteiger partial charge < -0.3 is 5.73 Å². The molecule has 0 saturated heterocycles. The summed E-state index contributed by atoms with van der Waals surface area (Å²) in [6.45, 7) is 7.39. The van der Waals surface area contributed by atoms with Gasteiger partial charge in [-0.25, -0.2) is 0 Å². The van der Waals surface area contributed by atoms with E-state index in [1.165, 1.54) is 22.3 Å². The third kappa shape index (κ3) is 1.84. The minimum atomic E-state index is 0.220. The summed E-state index contributed by atoms with van der Waals surface area (Å²) < 4.78 is 0. The second-order valence-corrected chi connectivity index (χ2v) is 5.26. The van der Waals surface area contributed by atoms with E-state index in [4.69, 9.17) is 5.73 Å². The predicted molar refractivity (Wildman–Crippen MR) is 65.9 cm³/mol. The minimum Gasteiger partial charge on any atom is -0.326 e. The Bertz CT molecular complexity index is 408. The molecule has 1 aliphatic carbocycles. The lowest BCUT2D eigenvalue weighted by molar-refractivity contribution is 0.590. The average molecular weight is 201 g/mol. The molecule has 1 nitrogen and oxygen atoms in total. The smallest absolute Gasteiger partial charge is 0.0181 e. The van der Waals surface area contributed by atoms with E-state index in [9.17, 15) is 0 Å². The van der Waals surface area contributed by atoms with Crippen LogP contribution in [0, 0.1) is 0 Å². The summed E-state index contributed by atoms with van der Waals surface area (Å²) in [5.41, 5.74) is 11.4. The highest BCUT2D eigenvalue weighted by molar-refractivity contribution is 5.74. The van der Waals surface area contributed by atoms with Crippen LogP contribution in [-0.2, 0) is 11.8 Å². The number of hydrogen-bond donors (Lipinski definition) is 1. The van der Waals surface area contributed by atoms with E-state index in [0.717, 1.165) is 6.42 Å². The monoisotopic (exact) mass is 201 g/mol. The first kappa shape index (κ1) is 10.4. The van der Waals surface area contributed by atoms with E-state index in [-0.39, 0.29) is 5.41 Å². The second-order valence-electron chi connectivity index (χ2n) is 5.26. The zero-order valence-electron chi connectivity index (χ0n) is 9.80. The van der Waals surface area contributed by atoms with E-state index >= 15 is 0 Å². The summed E-state index contributed by atoms with van der Waals surface area (Å²) in [6.07, 6.45) is 3.30. The van der Waals surface area contributed by atoms with Gasteiger partial charge in [0.25, 0.3) is 0 Å². The molecule has 1 heteroatoms. The number of hydrogen-bond acceptors (Lipinski definition) is 1. The maximum absolute atomic E-state index is 5.74. The van der Waals surface area contributed by atoms with Gasteiger partial charge >= 0.3 is 0 Å². The van der Waals surface area contributed by atoms with Crippen LogP contribution < -0.4 is 5.73 Å². The molecule has 0 atom stereocenters. The van der Waals surface area contributed by atoms with Crippen LogP contribution in [0.4, 0.5) is 0 Å². The summed E-state index contributed by atoms with van der Waals surface area (Å²) in [7, 11) is 0. The van der Waals surface area contributed by atoms with Crippen LogP contribution in [0.25, 0.3) is 5.57 Å². The highest BCUT2D eigenvalue weighted by Crippen LogP contribution is 2.31. The SMILES string of the molecule is CC(C)(C)c1ccc2c(c1)C(CN)=CC2. The first-order valence-electron chi connectivity index (χ1n) is 5.55. The Hall–Kier alpha value is -1.08. The zero-order valence-corrected chi connectivity index (χ0v) is 9.80. The topological polar surface area (TPSA) is 26.0 Å². The van der Waals surface area contributed by atoms with E-state index in [0.29, 0.717) is 6.54 Å². The standard InChI is InChI=1S/C14H19N/c1-14(2,3)12-7-6-10-4-5-11(9-15)13(10)8-12/h5-8H,4,9,15H2,1-3H3. The third-order valence-electron chi connectivity index (χ3n) is 3.11. The highest BCUT2D eigenvalue weighted by atomic mass is 14.5. The lowest BCUT2D eigenvalue weighted by atomic mass is 9.85. The van der Waals surface area contributed by atoms with Crippen molar-refractivity contribution >= 4 is 5.57 Å². The number of allylic oxidation sites excluding steroid dienone is 1. The summed E-state index contributed by atoms with van der Waals surface area (Å²) >= 11 is 0. The van der Waals surface area contributed by atoms with Gasteiger partial charge in [-0.1, -0.05) is 45.0 Å². The molecule has 2 rings (SSSR count). The molecular formula is C14H19N. The van der Waals surface area contributed by atoms with Crippen LogP contribution in [0.2, 0.25) is 0 Å². The van der Waals surface area contributed by atoms with Gasteiger partial charge in [-0.3, -0.25) is 0 Å². The van der Waals surface area contributed by atoms with E-state index in [1.807, 2.05) is 0 Å². The molecule has 1 aromatic carbocycles. The van der Waals surface area contributed by atoms with Gasteiger partial charge in [-0.2, -0.15) is 0 Å². The van der Waals surface area contributed by atoms with Gasteiger partial charge in [0.1, 0.15) is 0 Å². The molecule has 0 bridgehead atoms. The van der Waals surface area contributed by atoms with Crippen LogP contribution in [0.15, 0.2) is 24.3 Å². The van der Waals surface area contributed by atoms with Crippen molar-refractivity contribution in [3.63, 3.8) is 0 Å². The number of fused-ring (bicyclic) bond motifs is 1. The number of nitrogens with two attached hydrogens (primary N) is 1. The Morgan fingerprint density at radius 3 is 2.60 bits per heavy atom. The van der Waals surface area contributed by atoms with Crippen molar-refractivity contribution < 1.29 is 0 Å². The molecule has 0 fully saturated rings. The summed E-state index contributed by atoms with van der Waals surface area (Å²) in [4.78, 5) is 0. The first-order valence-corrected chi connectivity index (χ1v) is 5.55. The molecule has 15 heavy (non-hydrogen) atoms. The molecule has 0 heterocycles. The lowest BCUT2D eigenvalue weighted by Gasteiger charge is -2.20. The van der Waals surface area contributed by atoms with Gasteiger partial charge in [0.15, 0.2) is 0 Å². The normalized spacial score (nSPS) is 15.1. The number of rotatable bonds is 1. The zero-order chi connectivity index (χ0) is 11.1. The van der Waals surface area contributed by atoms with Gasteiger partial charge in [-0.15, -0.1) is 0 Å². The molecule has 0 saturated carbocycles. The molecule has 0 amide bonds. The van der Waals surface area contributed by atoms with Gasteiger partial charge in [0, 0.05) is 6.54 Å². The van der Waals surface area contributed by atoms with Crippen molar-refractivity contribution in [3.8, 4) is 0 Å². The molecular weight excluding hydrogens is 182 g/mol. The summed E-state index contributed by atoms with van der Waals surface area (Å²) in [5, 5.41) is 0. The lowest BCUT2D eigenvalue weighted by Crippen LogP contribution is -2.12. The van der Waals surface area contributed by atoms with E-state index < -0.39 is 0 Å². The maximum Gasteiger partial charge on any atom is 0.0181 e. The molecule has 0 radical (unpaired) electrons. The van der Waals surface area contributed by atoms with Gasteiger partial charge in [0.2, 0.25) is 0 Å². The first-order chi connectivity index (χ1) is 7.02. The average Bonchev–Trinajstić information content (AvgIpc) is 2.57. The van der Waals surface area contributed by atoms with Crippen molar-refractivity contribution in [1.29, 1.82) is 0 Å². The minimum absolute atomic E-state index is 0.220. The van der Waals surface area contributed by atoms with Crippen molar-refractivity contribution in [3.05, 3.63) is 41.0 Å². The number of benzene rings is 1. The molecule has 1 aromatic rings. The molecule has 80 valence electrons. The van der Waals surface area contributed by atoms with Crippen LogP contribution >= 0.6 is 0 Å². The molecule has 0 unspecified atom stereocenters. The van der Waals surface area contributed by atoms with E-state index in [2.05, 4.69) is 45.0 Å². The van der Waals surface area contributed by atoms with Gasteiger partial charge in [-0.05, 0) is 34.1 Å². The Balaban J connectivity index is 2.46. The molecule has 2 N–H and O–H groups in total. The summed E-state index contributed by atoms with van der Waals surface area (Å²) in [6, 6.07) is 6.79. The Morgan fingerprint density at radius 1 is 1.27 bits per heavy atom. The maximum atomic E-state index is 5.74. The van der Waals surface area contributed by atoms with Crippen molar-refractivity contribution in [2.75, 3.05) is 6.54 Å². The van der Waals surface area contributed by atoms with Crippen LogP contribution in [0.3, 0.4) is 0 Å². The van der Waals surface area contributed by atoms with Crippen LogP contribution in [0.5, 0.6) is 0 Å². The Kier molecular flexibility index (Phi) is 2.43. The van der Waals surface area contributed by atoms with Gasteiger partial charge in [0.05, 0.1) is 0 Å². The van der Waals surface area contributed by atoms with E-state index in [1.54, 1.807) is 0 Å². The van der Waals surface area contributed by atoms with Crippen molar-refractivity contribution in [2.24, 2.45) is 5.73 Å². The fraction of sp³-hybridized carbons (Fsp3) is 0.429. The summed E-state index contributed by atoms with van der Waals surface area (Å²) in [5.74, 6) is 0. The second kappa shape index (κ2) is 3.49. The third-order valence-corrected chi connectivity index (χ3v) is 3.11. The highest BCUT2D eigenvalue weighted by Gasteiger charge is 2.18. The predicted octanol–water partition coefficient (Wildman–Crippen LogP) is 2.88. The fourth-order valence-corrected chi connectivity index (χ4v) is 2.06. The largest absolute Gasteiger partial charge is 0.326 e. The Labute approximate surface area is 92.0 Å². The molecule has 0 spiro atoms. The van der Waals surface area contributed by atoms with Crippen molar-refractivity contribution in [1.82, 2.24) is 0 Å². The Morgan fingerprint density at radius 2 is 2.00 bits per heavy atom. The molecule has 0 aliphatic heterocycles. The van der Waals surface area contributed by atoms with Crippen LogP contribution in [-0.4, -0.2) is 6.54 Å². The fourth-order valence-electron chi connectivity index (χ4n) is 2.06. The van der Waals surface area contributed by atoms with Crippen molar-refractivity contribution in [2.45, 2.75) is 32.6 Å².